The second-order valence-corrected chi connectivity index (χ2v) is 7.09. The Balaban J connectivity index is 0.00000225. The summed E-state index contributed by atoms with van der Waals surface area (Å²) in [5, 5.41) is 11.7. The Bertz CT molecular complexity index is 797. The van der Waals surface area contributed by atoms with Crippen molar-refractivity contribution in [3.63, 3.8) is 0 Å². The first-order valence-electron chi connectivity index (χ1n) is 7.58. The van der Waals surface area contributed by atoms with Gasteiger partial charge in [-0.25, -0.2) is 9.97 Å². The number of nitrogens with one attached hydrogen (secondary N) is 2. The number of thiophene rings is 1. The van der Waals surface area contributed by atoms with Crippen LogP contribution in [0.3, 0.4) is 0 Å². The largest absolute Gasteiger partial charge is 0.443 e. The molecule has 0 aliphatic carbocycles. The smallest absolute Gasteiger partial charge is 0.236 e. The maximum atomic E-state index is 5.51. The van der Waals surface area contributed by atoms with Crippen LogP contribution in [0, 0.1) is 6.92 Å². The van der Waals surface area contributed by atoms with Gasteiger partial charge >= 0.3 is 0 Å². The average Bonchev–Trinajstić information content (AvgIpc) is 3.32. The number of oxazole rings is 1. The van der Waals surface area contributed by atoms with Crippen LogP contribution in [0.4, 0.5) is 0 Å². The molecule has 3 rings (SSSR count). The number of nitrogens with zero attached hydrogens (tertiary/aromatic N) is 3. The Morgan fingerprint density at radius 3 is 2.80 bits per heavy atom. The summed E-state index contributed by atoms with van der Waals surface area (Å²) in [4.78, 5) is 14.2. The maximum absolute atomic E-state index is 5.51. The van der Waals surface area contributed by atoms with Crippen molar-refractivity contribution in [1.29, 1.82) is 0 Å². The lowest BCUT2D eigenvalue weighted by atomic mass is 10.3. The molecule has 9 heteroatoms. The number of thiazole rings is 1. The molecule has 0 aliphatic rings. The lowest BCUT2D eigenvalue weighted by Gasteiger charge is -2.09. The molecule has 0 fully saturated rings. The summed E-state index contributed by atoms with van der Waals surface area (Å²) in [7, 11) is 1.75. The molecule has 3 heterocycles. The van der Waals surface area contributed by atoms with Crippen LogP contribution in [0.1, 0.15) is 16.4 Å². The summed E-state index contributed by atoms with van der Waals surface area (Å²) in [6.07, 6.45) is 2.55. The van der Waals surface area contributed by atoms with Crippen molar-refractivity contribution in [2.45, 2.75) is 19.9 Å². The minimum atomic E-state index is 0. The van der Waals surface area contributed by atoms with Crippen LogP contribution in [-0.4, -0.2) is 29.5 Å². The average molecular weight is 489 g/mol. The summed E-state index contributed by atoms with van der Waals surface area (Å²) in [5.41, 5.74) is 1.95. The molecule has 0 bridgehead atoms. The van der Waals surface area contributed by atoms with Gasteiger partial charge in [0.05, 0.1) is 27.8 Å². The third-order valence-electron chi connectivity index (χ3n) is 3.28. The van der Waals surface area contributed by atoms with Gasteiger partial charge in [-0.2, -0.15) is 0 Å². The van der Waals surface area contributed by atoms with Crippen molar-refractivity contribution in [3.05, 3.63) is 45.6 Å². The van der Waals surface area contributed by atoms with E-state index in [2.05, 4.69) is 31.0 Å². The standard InChI is InChI=1S/C16H19N5OS2.HI/c1-11-20-12(10-24-11)5-6-18-16(17-2)19-8-13-9-22-15(21-13)14-4-3-7-23-14;/h3-4,7,9-10H,5-6,8H2,1-2H3,(H2,17,18,19);1H. The number of aryl methyl sites for hydroxylation is 1. The summed E-state index contributed by atoms with van der Waals surface area (Å²) in [6.45, 7) is 3.36. The molecule has 0 saturated heterocycles. The van der Waals surface area contributed by atoms with E-state index >= 15 is 0 Å². The van der Waals surface area contributed by atoms with Crippen LogP contribution in [0.25, 0.3) is 10.8 Å². The minimum absolute atomic E-state index is 0. The molecule has 3 aromatic heterocycles. The Hall–Kier alpha value is -1.46. The highest BCUT2D eigenvalue weighted by molar-refractivity contribution is 14.0. The Kier molecular flexibility index (Phi) is 7.85. The summed E-state index contributed by atoms with van der Waals surface area (Å²) in [6, 6.07) is 3.98. The molecule has 25 heavy (non-hydrogen) atoms. The molecule has 0 aliphatic heterocycles. The van der Waals surface area contributed by atoms with E-state index in [1.54, 1.807) is 36.0 Å². The van der Waals surface area contributed by atoms with Gasteiger partial charge in [-0.15, -0.1) is 46.7 Å². The molecule has 0 radical (unpaired) electrons. The molecule has 0 unspecified atom stereocenters. The summed E-state index contributed by atoms with van der Waals surface area (Å²) < 4.78 is 5.51. The van der Waals surface area contributed by atoms with E-state index in [1.165, 1.54) is 0 Å². The Morgan fingerprint density at radius 2 is 2.12 bits per heavy atom. The van der Waals surface area contributed by atoms with Crippen molar-refractivity contribution < 1.29 is 4.42 Å². The predicted molar refractivity (Wildman–Crippen MR) is 114 cm³/mol. The van der Waals surface area contributed by atoms with Crippen molar-refractivity contribution in [2.75, 3.05) is 13.6 Å². The first-order valence-corrected chi connectivity index (χ1v) is 9.34. The van der Waals surface area contributed by atoms with E-state index in [4.69, 9.17) is 4.42 Å². The molecule has 2 N–H and O–H groups in total. The van der Waals surface area contributed by atoms with E-state index in [0.29, 0.717) is 12.4 Å². The number of guanidine groups is 1. The van der Waals surface area contributed by atoms with Crippen molar-refractivity contribution >= 4 is 52.6 Å². The molecule has 0 saturated carbocycles. The van der Waals surface area contributed by atoms with E-state index < -0.39 is 0 Å². The molecule has 3 aromatic rings. The van der Waals surface area contributed by atoms with Crippen LogP contribution in [-0.2, 0) is 13.0 Å². The molecule has 0 atom stereocenters. The van der Waals surface area contributed by atoms with E-state index in [1.807, 2.05) is 24.4 Å². The fourth-order valence-corrected chi connectivity index (χ4v) is 3.43. The second-order valence-electron chi connectivity index (χ2n) is 5.08. The highest BCUT2D eigenvalue weighted by Crippen LogP contribution is 2.23. The number of halogens is 1. The molecule has 6 nitrogen and oxygen atoms in total. The number of aliphatic imine (C=N–C) groups is 1. The quantitative estimate of drug-likeness (QED) is 0.314. The fraction of sp³-hybridized carbons (Fsp3) is 0.312. The maximum Gasteiger partial charge on any atom is 0.236 e. The highest BCUT2D eigenvalue weighted by Gasteiger charge is 2.08. The highest BCUT2D eigenvalue weighted by atomic mass is 127. The van der Waals surface area contributed by atoms with Gasteiger partial charge in [-0.1, -0.05) is 6.07 Å². The predicted octanol–water partition coefficient (Wildman–Crippen LogP) is 3.69. The molecule has 0 amide bonds. The van der Waals surface area contributed by atoms with Gasteiger partial charge in [0.2, 0.25) is 5.89 Å². The number of aromatic nitrogens is 2. The SMILES string of the molecule is CN=C(NCCc1csc(C)n1)NCc1coc(-c2cccs2)n1.I. The van der Waals surface area contributed by atoms with Crippen LogP contribution in [0.15, 0.2) is 38.6 Å². The first-order chi connectivity index (χ1) is 11.7. The summed E-state index contributed by atoms with van der Waals surface area (Å²) >= 11 is 3.29. The second kappa shape index (κ2) is 9.88. The first kappa shape index (κ1) is 19.9. The molecule has 0 spiro atoms. The fourth-order valence-electron chi connectivity index (χ4n) is 2.13. The van der Waals surface area contributed by atoms with Gasteiger partial charge < -0.3 is 15.1 Å². The molecule has 0 aromatic carbocycles. The van der Waals surface area contributed by atoms with Crippen molar-refractivity contribution in [1.82, 2.24) is 20.6 Å². The van der Waals surface area contributed by atoms with Gasteiger partial charge in [-0.05, 0) is 18.4 Å². The molecule has 134 valence electrons. The number of rotatable bonds is 6. The zero-order chi connectivity index (χ0) is 16.8. The third kappa shape index (κ3) is 5.79. The minimum Gasteiger partial charge on any atom is -0.443 e. The van der Waals surface area contributed by atoms with Gasteiger partial charge in [0.1, 0.15) is 6.26 Å². The van der Waals surface area contributed by atoms with Gasteiger partial charge in [0.15, 0.2) is 5.96 Å². The van der Waals surface area contributed by atoms with Crippen LogP contribution in [0.2, 0.25) is 0 Å². The zero-order valence-corrected chi connectivity index (χ0v) is 17.9. The monoisotopic (exact) mass is 489 g/mol. The van der Waals surface area contributed by atoms with E-state index in [0.717, 1.165) is 40.2 Å². The number of hydrogen-bond acceptors (Lipinski definition) is 6. The molecular weight excluding hydrogens is 469 g/mol. The van der Waals surface area contributed by atoms with Crippen LogP contribution in [0.5, 0.6) is 0 Å². The van der Waals surface area contributed by atoms with Crippen LogP contribution < -0.4 is 10.6 Å². The van der Waals surface area contributed by atoms with E-state index in [-0.39, 0.29) is 24.0 Å². The Morgan fingerprint density at radius 1 is 1.24 bits per heavy atom. The van der Waals surface area contributed by atoms with Crippen LogP contribution >= 0.6 is 46.7 Å². The zero-order valence-electron chi connectivity index (χ0n) is 14.0. The molecular formula is C16H20IN5OS2. The van der Waals surface area contributed by atoms with E-state index in [9.17, 15) is 0 Å². The van der Waals surface area contributed by atoms with Crippen molar-refractivity contribution in [3.8, 4) is 10.8 Å². The Labute approximate surface area is 171 Å². The topological polar surface area (TPSA) is 75.3 Å². The van der Waals surface area contributed by atoms with Gasteiger partial charge in [0.25, 0.3) is 0 Å². The number of hydrogen-bond donors (Lipinski definition) is 2. The summed E-state index contributed by atoms with van der Waals surface area (Å²) in [5.74, 6) is 1.39. The lowest BCUT2D eigenvalue weighted by Crippen LogP contribution is -2.37. The van der Waals surface area contributed by atoms with Crippen molar-refractivity contribution in [2.24, 2.45) is 4.99 Å². The van der Waals surface area contributed by atoms with Gasteiger partial charge in [0, 0.05) is 25.4 Å². The lowest BCUT2D eigenvalue weighted by molar-refractivity contribution is 0.573. The third-order valence-corrected chi connectivity index (χ3v) is 4.96. The van der Waals surface area contributed by atoms with Gasteiger partial charge in [-0.3, -0.25) is 4.99 Å². The normalized spacial score (nSPS) is 11.2.